The van der Waals surface area contributed by atoms with Crippen LogP contribution in [0.1, 0.15) is 58.3 Å². The minimum atomic E-state index is 0.280. The molecule has 0 spiro atoms. The Morgan fingerprint density at radius 3 is 2.78 bits per heavy atom. The van der Waals surface area contributed by atoms with Crippen LogP contribution >= 0.6 is 0 Å². The molecule has 1 aliphatic carbocycles. The SMILES string of the molecule is CC1CCCCCC1NC(=O)CC1CCCNC1. The van der Waals surface area contributed by atoms with Crippen molar-refractivity contribution in [2.45, 2.75) is 64.3 Å². The number of hydrogen-bond donors (Lipinski definition) is 2. The summed E-state index contributed by atoms with van der Waals surface area (Å²) in [5.41, 5.74) is 0. The monoisotopic (exact) mass is 252 g/mol. The van der Waals surface area contributed by atoms with Gasteiger partial charge in [0.15, 0.2) is 0 Å². The van der Waals surface area contributed by atoms with Crippen molar-refractivity contribution in [3.63, 3.8) is 0 Å². The Bertz CT molecular complexity index is 261. The second-order valence-electron chi connectivity index (χ2n) is 6.21. The van der Waals surface area contributed by atoms with Gasteiger partial charge in [-0.1, -0.05) is 26.2 Å². The molecule has 0 aromatic heterocycles. The first-order valence-electron chi connectivity index (χ1n) is 7.76. The molecule has 3 atom stereocenters. The first kappa shape index (κ1) is 13.9. The molecular formula is C15H28N2O. The number of piperidine rings is 1. The Morgan fingerprint density at radius 2 is 2.00 bits per heavy atom. The summed E-state index contributed by atoms with van der Waals surface area (Å²) in [5.74, 6) is 1.49. The molecule has 104 valence electrons. The summed E-state index contributed by atoms with van der Waals surface area (Å²) in [7, 11) is 0. The Hall–Kier alpha value is -0.570. The van der Waals surface area contributed by atoms with Crippen LogP contribution in [-0.4, -0.2) is 25.0 Å². The molecule has 2 fully saturated rings. The maximum atomic E-state index is 12.1. The molecule has 0 radical (unpaired) electrons. The summed E-state index contributed by atoms with van der Waals surface area (Å²) in [6, 6.07) is 0.427. The van der Waals surface area contributed by atoms with Gasteiger partial charge in [-0.2, -0.15) is 0 Å². The first-order valence-corrected chi connectivity index (χ1v) is 7.76. The van der Waals surface area contributed by atoms with Crippen LogP contribution < -0.4 is 10.6 Å². The number of nitrogens with one attached hydrogen (secondary N) is 2. The second-order valence-corrected chi connectivity index (χ2v) is 6.21. The lowest BCUT2D eigenvalue weighted by Gasteiger charge is -2.26. The number of rotatable bonds is 3. The van der Waals surface area contributed by atoms with E-state index in [2.05, 4.69) is 17.6 Å². The number of amides is 1. The third-order valence-corrected chi connectivity index (χ3v) is 4.58. The molecule has 0 aromatic rings. The highest BCUT2D eigenvalue weighted by atomic mass is 16.1. The average Bonchev–Trinajstić information content (AvgIpc) is 2.56. The van der Waals surface area contributed by atoms with Crippen molar-refractivity contribution >= 4 is 5.91 Å². The zero-order valence-electron chi connectivity index (χ0n) is 11.7. The molecule has 3 nitrogen and oxygen atoms in total. The van der Waals surface area contributed by atoms with Crippen molar-refractivity contribution in [3.05, 3.63) is 0 Å². The third-order valence-electron chi connectivity index (χ3n) is 4.58. The Balaban J connectivity index is 1.74. The van der Waals surface area contributed by atoms with Crippen molar-refractivity contribution in [1.29, 1.82) is 0 Å². The fourth-order valence-corrected chi connectivity index (χ4v) is 3.33. The maximum absolute atomic E-state index is 12.1. The van der Waals surface area contributed by atoms with Gasteiger partial charge in [0.05, 0.1) is 0 Å². The number of hydrogen-bond acceptors (Lipinski definition) is 2. The molecule has 1 saturated carbocycles. The standard InChI is InChI=1S/C15H28N2O/c1-12-6-3-2-4-8-14(12)17-15(18)10-13-7-5-9-16-11-13/h12-14,16H,2-11H2,1H3,(H,17,18). The van der Waals surface area contributed by atoms with E-state index < -0.39 is 0 Å². The first-order chi connectivity index (χ1) is 8.75. The van der Waals surface area contributed by atoms with Gasteiger partial charge < -0.3 is 10.6 Å². The van der Waals surface area contributed by atoms with Crippen LogP contribution in [0.3, 0.4) is 0 Å². The predicted octanol–water partition coefficient (Wildman–Crippen LogP) is 2.46. The normalized spacial score (nSPS) is 33.7. The fraction of sp³-hybridized carbons (Fsp3) is 0.933. The van der Waals surface area contributed by atoms with Crippen molar-refractivity contribution in [3.8, 4) is 0 Å². The molecule has 1 amide bonds. The van der Waals surface area contributed by atoms with Gasteiger partial charge in [-0.3, -0.25) is 4.79 Å². The molecule has 2 aliphatic rings. The number of carbonyl (C=O) groups excluding carboxylic acids is 1. The van der Waals surface area contributed by atoms with Crippen LogP contribution in [0.4, 0.5) is 0 Å². The molecular weight excluding hydrogens is 224 g/mol. The minimum absolute atomic E-state index is 0.280. The van der Waals surface area contributed by atoms with Crippen LogP contribution in [0.2, 0.25) is 0 Å². The van der Waals surface area contributed by atoms with Gasteiger partial charge >= 0.3 is 0 Å². The quantitative estimate of drug-likeness (QED) is 0.758. The molecule has 0 aromatic carbocycles. The van der Waals surface area contributed by atoms with Crippen molar-refractivity contribution in [1.82, 2.24) is 10.6 Å². The van der Waals surface area contributed by atoms with Gasteiger partial charge in [-0.15, -0.1) is 0 Å². The Morgan fingerprint density at radius 1 is 1.17 bits per heavy atom. The van der Waals surface area contributed by atoms with E-state index in [1.165, 1.54) is 44.9 Å². The largest absolute Gasteiger partial charge is 0.353 e. The molecule has 3 unspecified atom stereocenters. The second kappa shape index (κ2) is 7.13. The van der Waals surface area contributed by atoms with Crippen LogP contribution in [0.5, 0.6) is 0 Å². The van der Waals surface area contributed by atoms with Gasteiger partial charge in [0.2, 0.25) is 5.91 Å². The lowest BCUT2D eigenvalue weighted by Crippen LogP contribution is -2.41. The summed E-state index contributed by atoms with van der Waals surface area (Å²) in [6.07, 6.45) is 9.55. The molecule has 2 N–H and O–H groups in total. The van der Waals surface area contributed by atoms with E-state index in [-0.39, 0.29) is 5.91 Å². The maximum Gasteiger partial charge on any atom is 0.220 e. The molecule has 1 aliphatic heterocycles. The van der Waals surface area contributed by atoms with Gasteiger partial charge in [0.1, 0.15) is 0 Å². The van der Waals surface area contributed by atoms with E-state index in [4.69, 9.17) is 0 Å². The summed E-state index contributed by atoms with van der Waals surface area (Å²) in [4.78, 5) is 12.1. The van der Waals surface area contributed by atoms with Crippen LogP contribution in [-0.2, 0) is 4.79 Å². The van der Waals surface area contributed by atoms with Crippen LogP contribution in [0, 0.1) is 11.8 Å². The molecule has 2 rings (SSSR count). The van der Waals surface area contributed by atoms with Gasteiger partial charge in [0, 0.05) is 12.5 Å². The summed E-state index contributed by atoms with van der Waals surface area (Å²) in [6.45, 7) is 4.43. The van der Waals surface area contributed by atoms with E-state index in [1.54, 1.807) is 0 Å². The molecule has 0 bridgehead atoms. The molecule has 1 saturated heterocycles. The summed E-state index contributed by atoms with van der Waals surface area (Å²) >= 11 is 0. The highest BCUT2D eigenvalue weighted by molar-refractivity contribution is 5.76. The summed E-state index contributed by atoms with van der Waals surface area (Å²) in [5, 5.41) is 6.67. The van der Waals surface area contributed by atoms with Crippen LogP contribution in [0.15, 0.2) is 0 Å². The lowest BCUT2D eigenvalue weighted by molar-refractivity contribution is -0.123. The van der Waals surface area contributed by atoms with E-state index >= 15 is 0 Å². The zero-order valence-corrected chi connectivity index (χ0v) is 11.7. The lowest BCUT2D eigenvalue weighted by atomic mass is 9.94. The molecule has 1 heterocycles. The zero-order chi connectivity index (χ0) is 12.8. The topological polar surface area (TPSA) is 41.1 Å². The Labute approximate surface area is 111 Å². The van der Waals surface area contributed by atoms with Crippen LogP contribution in [0.25, 0.3) is 0 Å². The van der Waals surface area contributed by atoms with Gasteiger partial charge in [-0.05, 0) is 50.6 Å². The number of carbonyl (C=O) groups is 1. The molecule has 18 heavy (non-hydrogen) atoms. The highest BCUT2D eigenvalue weighted by Gasteiger charge is 2.23. The van der Waals surface area contributed by atoms with E-state index in [0.717, 1.165) is 19.5 Å². The van der Waals surface area contributed by atoms with Gasteiger partial charge in [0.25, 0.3) is 0 Å². The fourth-order valence-electron chi connectivity index (χ4n) is 3.33. The van der Waals surface area contributed by atoms with Crippen molar-refractivity contribution in [2.75, 3.05) is 13.1 Å². The Kier molecular flexibility index (Phi) is 5.48. The van der Waals surface area contributed by atoms with Crippen molar-refractivity contribution in [2.24, 2.45) is 11.8 Å². The van der Waals surface area contributed by atoms with E-state index in [9.17, 15) is 4.79 Å². The third kappa shape index (κ3) is 4.27. The van der Waals surface area contributed by atoms with Gasteiger partial charge in [-0.25, -0.2) is 0 Å². The average molecular weight is 252 g/mol. The molecule has 3 heteroatoms. The highest BCUT2D eigenvalue weighted by Crippen LogP contribution is 2.23. The van der Waals surface area contributed by atoms with Crippen molar-refractivity contribution < 1.29 is 4.79 Å². The smallest absolute Gasteiger partial charge is 0.220 e. The predicted molar refractivity (Wildman–Crippen MR) is 74.4 cm³/mol. The van der Waals surface area contributed by atoms with E-state index in [1.807, 2.05) is 0 Å². The summed E-state index contributed by atoms with van der Waals surface area (Å²) < 4.78 is 0. The van der Waals surface area contributed by atoms with E-state index in [0.29, 0.717) is 17.9 Å². The minimum Gasteiger partial charge on any atom is -0.353 e.